The van der Waals surface area contributed by atoms with Crippen LogP contribution >= 0.6 is 34.8 Å². The number of rotatable bonds is 7. The number of carbonyl (C=O) groups excluding carboxylic acids is 1. The van der Waals surface area contributed by atoms with Crippen LogP contribution in [0.3, 0.4) is 0 Å². The van der Waals surface area contributed by atoms with Crippen LogP contribution in [0.4, 0.5) is 5.69 Å². The fraction of sp³-hybridized carbons (Fsp3) is 0.381. The number of aryl methyl sites for hydroxylation is 1. The molecule has 1 fully saturated rings. The number of amides is 1. The van der Waals surface area contributed by atoms with E-state index >= 15 is 0 Å². The number of nitrogens with one attached hydrogen (secondary N) is 1. The summed E-state index contributed by atoms with van der Waals surface area (Å²) < 4.78 is 27.0. The molecule has 1 amide bonds. The van der Waals surface area contributed by atoms with Gasteiger partial charge in [0.05, 0.1) is 32.4 Å². The van der Waals surface area contributed by atoms with Crippen molar-refractivity contribution in [3.8, 4) is 0 Å². The van der Waals surface area contributed by atoms with Crippen molar-refractivity contribution in [1.29, 1.82) is 0 Å². The highest BCUT2D eigenvalue weighted by Crippen LogP contribution is 2.33. The van der Waals surface area contributed by atoms with Crippen molar-refractivity contribution in [2.24, 2.45) is 5.92 Å². The molecule has 5 nitrogen and oxygen atoms in total. The van der Waals surface area contributed by atoms with Gasteiger partial charge in [-0.1, -0.05) is 65.1 Å². The number of halogens is 3. The van der Waals surface area contributed by atoms with Crippen molar-refractivity contribution < 1.29 is 13.2 Å². The number of nitrogens with zero attached hydrogens (tertiary/aromatic N) is 1. The molecule has 1 aliphatic rings. The molecule has 0 radical (unpaired) electrons. The Bertz CT molecular complexity index is 1000. The van der Waals surface area contributed by atoms with Crippen molar-refractivity contribution in [1.82, 2.24) is 4.31 Å². The SMILES string of the molecule is O=C(Nc1cc(Cl)c(Cl)cc1Cl)[C@@H]1CCCN(S(=O)(=O)CCCc2ccccc2)C1. The summed E-state index contributed by atoms with van der Waals surface area (Å²) in [5.41, 5.74) is 1.47. The number of piperidine rings is 1. The number of hydrogen-bond acceptors (Lipinski definition) is 3. The number of anilines is 1. The number of hydrogen-bond donors (Lipinski definition) is 1. The number of benzene rings is 2. The lowest BCUT2D eigenvalue weighted by atomic mass is 9.98. The molecule has 0 unspecified atom stereocenters. The summed E-state index contributed by atoms with van der Waals surface area (Å²) in [6, 6.07) is 12.8. The lowest BCUT2D eigenvalue weighted by Crippen LogP contribution is -2.44. The molecule has 3 rings (SSSR count). The van der Waals surface area contributed by atoms with E-state index < -0.39 is 15.9 Å². The minimum Gasteiger partial charge on any atom is -0.324 e. The molecule has 9 heteroatoms. The lowest BCUT2D eigenvalue weighted by molar-refractivity contribution is -0.120. The summed E-state index contributed by atoms with van der Waals surface area (Å²) in [5.74, 6) is -0.665. The summed E-state index contributed by atoms with van der Waals surface area (Å²) in [7, 11) is -3.42. The van der Waals surface area contributed by atoms with Gasteiger partial charge in [0.15, 0.2) is 0 Å². The van der Waals surface area contributed by atoms with Gasteiger partial charge in [0, 0.05) is 13.1 Å². The van der Waals surface area contributed by atoms with Gasteiger partial charge in [-0.2, -0.15) is 0 Å². The molecule has 1 heterocycles. The van der Waals surface area contributed by atoms with Crippen LogP contribution in [0.2, 0.25) is 15.1 Å². The third-order valence-electron chi connectivity index (χ3n) is 5.13. The monoisotopic (exact) mass is 488 g/mol. The van der Waals surface area contributed by atoms with E-state index in [4.69, 9.17) is 34.8 Å². The molecule has 2 aromatic carbocycles. The maximum absolute atomic E-state index is 12.8. The Balaban J connectivity index is 1.58. The minimum atomic E-state index is -3.42. The molecular weight excluding hydrogens is 467 g/mol. The minimum absolute atomic E-state index is 0.0643. The van der Waals surface area contributed by atoms with Crippen molar-refractivity contribution in [3.63, 3.8) is 0 Å². The van der Waals surface area contributed by atoms with Gasteiger partial charge in [-0.25, -0.2) is 12.7 Å². The van der Waals surface area contributed by atoms with Gasteiger partial charge in [0.2, 0.25) is 15.9 Å². The van der Waals surface area contributed by atoms with Crippen LogP contribution in [-0.2, 0) is 21.2 Å². The standard InChI is InChI=1S/C21H23Cl3N2O3S/c22-17-12-19(24)20(13-18(17)23)25-21(27)16-9-4-10-26(14-16)30(28,29)11-5-8-15-6-2-1-3-7-15/h1-3,6-7,12-13,16H,4-5,8-11,14H2,(H,25,27)/t16-/m1/s1. The Labute approximate surface area is 192 Å². The molecule has 0 bridgehead atoms. The maximum atomic E-state index is 12.8. The van der Waals surface area contributed by atoms with Crippen LogP contribution in [-0.4, -0.2) is 37.5 Å². The van der Waals surface area contributed by atoms with Crippen LogP contribution in [0.25, 0.3) is 0 Å². The van der Waals surface area contributed by atoms with E-state index in [9.17, 15) is 13.2 Å². The van der Waals surface area contributed by atoms with Crippen LogP contribution in [0.1, 0.15) is 24.8 Å². The summed E-state index contributed by atoms with van der Waals surface area (Å²) in [6.07, 6.45) is 2.48. The van der Waals surface area contributed by atoms with Crippen molar-refractivity contribution in [2.75, 3.05) is 24.2 Å². The predicted octanol–water partition coefficient (Wildman–Crippen LogP) is 5.26. The fourth-order valence-corrected chi connectivity index (χ4v) is 5.67. The zero-order valence-corrected chi connectivity index (χ0v) is 19.4. The molecule has 1 aliphatic heterocycles. The summed E-state index contributed by atoms with van der Waals surface area (Å²) in [6.45, 7) is 0.601. The molecular formula is C21H23Cl3N2O3S. The largest absolute Gasteiger partial charge is 0.324 e. The molecule has 162 valence electrons. The zero-order valence-electron chi connectivity index (χ0n) is 16.3. The van der Waals surface area contributed by atoms with E-state index in [1.54, 1.807) is 0 Å². The smallest absolute Gasteiger partial charge is 0.228 e. The van der Waals surface area contributed by atoms with E-state index in [2.05, 4.69) is 5.32 Å². The highest BCUT2D eigenvalue weighted by molar-refractivity contribution is 7.89. The highest BCUT2D eigenvalue weighted by Gasteiger charge is 2.32. The normalized spacial score (nSPS) is 17.6. The second-order valence-corrected chi connectivity index (χ2v) is 10.6. The lowest BCUT2D eigenvalue weighted by Gasteiger charge is -2.31. The molecule has 1 N–H and O–H groups in total. The third-order valence-corrected chi connectivity index (χ3v) is 8.08. The zero-order chi connectivity index (χ0) is 21.7. The first-order chi connectivity index (χ1) is 14.3. The van der Waals surface area contributed by atoms with Gasteiger partial charge in [0.25, 0.3) is 0 Å². The first-order valence-electron chi connectivity index (χ1n) is 9.73. The number of sulfonamides is 1. The third kappa shape index (κ3) is 6.11. The second-order valence-electron chi connectivity index (χ2n) is 7.34. The highest BCUT2D eigenvalue weighted by atomic mass is 35.5. The van der Waals surface area contributed by atoms with Crippen molar-refractivity contribution in [3.05, 3.63) is 63.1 Å². The average Bonchev–Trinajstić information content (AvgIpc) is 2.73. The molecule has 0 saturated carbocycles. The molecule has 0 aromatic heterocycles. The van der Waals surface area contributed by atoms with Gasteiger partial charge < -0.3 is 5.32 Å². The summed E-state index contributed by atoms with van der Waals surface area (Å²) >= 11 is 18.0. The fourth-order valence-electron chi connectivity index (χ4n) is 3.49. The van der Waals surface area contributed by atoms with Crippen molar-refractivity contribution >= 4 is 56.4 Å². The second kappa shape index (κ2) is 10.3. The van der Waals surface area contributed by atoms with Gasteiger partial charge >= 0.3 is 0 Å². The summed E-state index contributed by atoms with van der Waals surface area (Å²) in [5, 5.41) is 3.60. The van der Waals surface area contributed by atoms with Crippen LogP contribution in [0.5, 0.6) is 0 Å². The molecule has 30 heavy (non-hydrogen) atoms. The summed E-state index contributed by atoms with van der Waals surface area (Å²) in [4.78, 5) is 12.7. The predicted molar refractivity (Wildman–Crippen MR) is 123 cm³/mol. The topological polar surface area (TPSA) is 66.5 Å². The van der Waals surface area contributed by atoms with Crippen LogP contribution in [0.15, 0.2) is 42.5 Å². The quantitative estimate of drug-likeness (QED) is 0.539. The van der Waals surface area contributed by atoms with E-state index in [0.717, 1.165) is 5.56 Å². The first kappa shape index (κ1) is 23.4. The van der Waals surface area contributed by atoms with Gasteiger partial charge in [0.1, 0.15) is 0 Å². The Morgan fingerprint density at radius 1 is 1.07 bits per heavy atom. The van der Waals surface area contributed by atoms with Crippen LogP contribution < -0.4 is 5.32 Å². The maximum Gasteiger partial charge on any atom is 0.228 e. The van der Waals surface area contributed by atoms with Gasteiger partial charge in [-0.15, -0.1) is 0 Å². The Morgan fingerprint density at radius 3 is 2.50 bits per heavy atom. The van der Waals surface area contributed by atoms with E-state index in [0.29, 0.717) is 42.9 Å². The molecule has 0 spiro atoms. The van der Waals surface area contributed by atoms with Crippen LogP contribution in [0, 0.1) is 5.92 Å². The Hall–Kier alpha value is -1.31. The molecule has 1 atom stereocenters. The molecule has 1 saturated heterocycles. The average molecular weight is 490 g/mol. The van der Waals surface area contributed by atoms with Crippen molar-refractivity contribution in [2.45, 2.75) is 25.7 Å². The Kier molecular flexibility index (Phi) is 8.04. The number of carbonyl (C=O) groups is 1. The van der Waals surface area contributed by atoms with Gasteiger partial charge in [-0.3, -0.25) is 4.79 Å². The van der Waals surface area contributed by atoms with Gasteiger partial charge in [-0.05, 0) is 43.4 Å². The molecule has 0 aliphatic carbocycles. The Morgan fingerprint density at radius 2 is 1.77 bits per heavy atom. The van der Waals surface area contributed by atoms with E-state index in [1.807, 2.05) is 30.3 Å². The first-order valence-corrected chi connectivity index (χ1v) is 12.5. The molecule has 2 aromatic rings. The van der Waals surface area contributed by atoms with E-state index in [1.165, 1.54) is 16.4 Å². The van der Waals surface area contributed by atoms with E-state index in [-0.39, 0.29) is 28.3 Å².